The van der Waals surface area contributed by atoms with Gasteiger partial charge in [-0.05, 0) is 68.7 Å². The number of carbonyl (C=O) groups excluding carboxylic acids is 1. The first-order valence-electron chi connectivity index (χ1n) is 10.1. The molecular weight excluding hydrogens is 409 g/mol. The number of alkyl halides is 3. The van der Waals surface area contributed by atoms with Crippen molar-refractivity contribution in [3.8, 4) is 5.75 Å². The number of carbonyl (C=O) groups is 1. The van der Waals surface area contributed by atoms with Gasteiger partial charge >= 0.3 is 6.30 Å². The van der Waals surface area contributed by atoms with Gasteiger partial charge in [0, 0.05) is 11.6 Å². The molecule has 0 saturated carbocycles. The Kier molecular flexibility index (Phi) is 7.65. The van der Waals surface area contributed by atoms with Crippen molar-refractivity contribution >= 4 is 28.7 Å². The Labute approximate surface area is 180 Å². The summed E-state index contributed by atoms with van der Waals surface area (Å²) >= 11 is 0. The molecule has 2 aromatic rings. The van der Waals surface area contributed by atoms with Crippen LogP contribution in [0.25, 0.3) is 0 Å². The van der Waals surface area contributed by atoms with Gasteiger partial charge in [-0.3, -0.25) is 4.79 Å². The van der Waals surface area contributed by atoms with Crippen LogP contribution in [0.5, 0.6) is 5.75 Å². The number of hydrazine groups is 1. The first kappa shape index (κ1) is 24.2. The van der Waals surface area contributed by atoms with Crippen LogP contribution >= 0.6 is 0 Å². The zero-order valence-electron chi connectivity index (χ0n) is 18.2. The molecule has 0 saturated heterocycles. The molecule has 0 aliphatic rings. The molecule has 0 fully saturated rings. The molecule has 170 valence electrons. The van der Waals surface area contributed by atoms with E-state index in [1.54, 1.807) is 27.7 Å². The summed E-state index contributed by atoms with van der Waals surface area (Å²) < 4.78 is 48.6. The van der Waals surface area contributed by atoms with Crippen molar-refractivity contribution in [2.75, 3.05) is 28.1 Å². The summed E-state index contributed by atoms with van der Waals surface area (Å²) in [5.74, 6) is -0.815. The quantitative estimate of drug-likeness (QED) is 0.333. The molecule has 0 aliphatic carbocycles. The van der Waals surface area contributed by atoms with Gasteiger partial charge < -0.3 is 16.2 Å². The molecule has 0 bridgehead atoms. The van der Waals surface area contributed by atoms with E-state index in [-0.39, 0.29) is 22.1 Å². The van der Waals surface area contributed by atoms with Crippen molar-refractivity contribution in [2.45, 2.75) is 46.8 Å². The van der Waals surface area contributed by atoms with E-state index in [0.29, 0.717) is 35.8 Å². The minimum Gasteiger partial charge on any atom is -0.494 e. The maximum Gasteiger partial charge on any atom is 0.503 e. The number of anilines is 4. The highest BCUT2D eigenvalue weighted by Gasteiger charge is 2.46. The minimum atomic E-state index is -4.95. The standard InChI is InChI=1S/C22H29F3N4O2/c1-5-15(6-2)21(30)28(16-8-10-17(11-9-16)31-7-3)29(22(23,24)25)20-13-18(26)14(4)12-19(20)27/h8-13,15H,5-7,26-27H2,1-4H3. The second-order valence-corrected chi connectivity index (χ2v) is 7.14. The first-order chi connectivity index (χ1) is 14.5. The number of amides is 1. The summed E-state index contributed by atoms with van der Waals surface area (Å²) in [6, 6.07) is 8.37. The number of nitrogens with zero attached hydrogens (tertiary/aromatic N) is 2. The van der Waals surface area contributed by atoms with Crippen molar-refractivity contribution < 1.29 is 22.7 Å². The largest absolute Gasteiger partial charge is 0.503 e. The number of rotatable bonds is 8. The van der Waals surface area contributed by atoms with Crippen molar-refractivity contribution in [1.82, 2.24) is 0 Å². The molecule has 6 nitrogen and oxygen atoms in total. The van der Waals surface area contributed by atoms with Crippen LogP contribution in [0.1, 0.15) is 39.2 Å². The number of hydrogen-bond acceptors (Lipinski definition) is 5. The fourth-order valence-corrected chi connectivity index (χ4v) is 3.28. The van der Waals surface area contributed by atoms with Gasteiger partial charge in [-0.15, -0.1) is 13.2 Å². The molecular formula is C22H29F3N4O2. The van der Waals surface area contributed by atoms with E-state index in [1.165, 1.54) is 30.3 Å². The van der Waals surface area contributed by atoms with Gasteiger partial charge in [0.1, 0.15) is 5.75 Å². The van der Waals surface area contributed by atoms with Crippen LogP contribution in [-0.2, 0) is 4.79 Å². The van der Waals surface area contributed by atoms with Crippen LogP contribution in [-0.4, -0.2) is 18.8 Å². The van der Waals surface area contributed by atoms with E-state index < -0.39 is 23.8 Å². The van der Waals surface area contributed by atoms with Crippen LogP contribution < -0.4 is 26.2 Å². The lowest BCUT2D eigenvalue weighted by atomic mass is 10.0. The fraction of sp³-hybridized carbons (Fsp3) is 0.409. The van der Waals surface area contributed by atoms with Gasteiger partial charge in [-0.2, -0.15) is 5.01 Å². The van der Waals surface area contributed by atoms with E-state index in [9.17, 15) is 18.0 Å². The van der Waals surface area contributed by atoms with E-state index in [1.807, 2.05) is 0 Å². The van der Waals surface area contributed by atoms with E-state index >= 15 is 0 Å². The lowest BCUT2D eigenvalue weighted by Crippen LogP contribution is -2.56. The number of aryl methyl sites for hydroxylation is 1. The highest BCUT2D eigenvalue weighted by Crippen LogP contribution is 2.39. The Bertz CT molecular complexity index is 897. The lowest BCUT2D eigenvalue weighted by molar-refractivity contribution is -0.141. The summed E-state index contributed by atoms with van der Waals surface area (Å²) in [6.07, 6.45) is -4.17. The minimum absolute atomic E-state index is 0.0333. The molecule has 2 rings (SSSR count). The maximum absolute atomic E-state index is 14.4. The smallest absolute Gasteiger partial charge is 0.494 e. The van der Waals surface area contributed by atoms with Crippen LogP contribution in [0.3, 0.4) is 0 Å². The monoisotopic (exact) mass is 438 g/mol. The normalized spacial score (nSPS) is 11.5. The molecule has 4 N–H and O–H groups in total. The second-order valence-electron chi connectivity index (χ2n) is 7.14. The molecule has 0 unspecified atom stereocenters. The third kappa shape index (κ3) is 5.34. The number of benzene rings is 2. The van der Waals surface area contributed by atoms with Gasteiger partial charge in [0.2, 0.25) is 5.91 Å². The summed E-state index contributed by atoms with van der Waals surface area (Å²) in [5.41, 5.74) is 12.0. The van der Waals surface area contributed by atoms with Crippen LogP contribution in [0, 0.1) is 12.8 Å². The number of nitrogens with two attached hydrogens (primary N) is 2. The zero-order chi connectivity index (χ0) is 23.3. The van der Waals surface area contributed by atoms with Crippen LogP contribution in [0.2, 0.25) is 0 Å². The fourth-order valence-electron chi connectivity index (χ4n) is 3.28. The average Bonchev–Trinajstić information content (AvgIpc) is 2.70. The molecule has 31 heavy (non-hydrogen) atoms. The summed E-state index contributed by atoms with van der Waals surface area (Å²) in [6.45, 7) is 7.38. The Balaban J connectivity index is 2.73. The molecule has 0 heterocycles. The number of nitrogen functional groups attached to an aromatic ring is 2. The first-order valence-corrected chi connectivity index (χ1v) is 10.1. The molecule has 2 aromatic carbocycles. The number of hydrogen-bond donors (Lipinski definition) is 2. The Hall–Kier alpha value is -3.10. The van der Waals surface area contributed by atoms with E-state index in [4.69, 9.17) is 16.2 Å². The number of ether oxygens (including phenoxy) is 1. The molecule has 1 amide bonds. The Morgan fingerprint density at radius 3 is 2.10 bits per heavy atom. The average molecular weight is 438 g/mol. The van der Waals surface area contributed by atoms with E-state index in [0.717, 1.165) is 6.07 Å². The Morgan fingerprint density at radius 2 is 1.61 bits per heavy atom. The topological polar surface area (TPSA) is 84.8 Å². The molecule has 0 spiro atoms. The van der Waals surface area contributed by atoms with Crippen molar-refractivity contribution in [3.63, 3.8) is 0 Å². The van der Waals surface area contributed by atoms with Crippen molar-refractivity contribution in [3.05, 3.63) is 42.0 Å². The third-order valence-corrected chi connectivity index (χ3v) is 5.02. The predicted octanol–water partition coefficient (Wildman–Crippen LogP) is 5.27. The van der Waals surface area contributed by atoms with Crippen LogP contribution in [0.15, 0.2) is 36.4 Å². The van der Waals surface area contributed by atoms with E-state index in [2.05, 4.69) is 0 Å². The molecule has 0 aliphatic heterocycles. The second kappa shape index (κ2) is 9.80. The third-order valence-electron chi connectivity index (χ3n) is 5.02. The predicted molar refractivity (Wildman–Crippen MR) is 118 cm³/mol. The van der Waals surface area contributed by atoms with Crippen LogP contribution in [0.4, 0.5) is 35.9 Å². The van der Waals surface area contributed by atoms with Gasteiger partial charge in [0.05, 0.1) is 23.7 Å². The lowest BCUT2D eigenvalue weighted by Gasteiger charge is -2.39. The van der Waals surface area contributed by atoms with Crippen molar-refractivity contribution in [1.29, 1.82) is 0 Å². The summed E-state index contributed by atoms with van der Waals surface area (Å²) in [4.78, 5) is 13.3. The Morgan fingerprint density at radius 1 is 1.03 bits per heavy atom. The summed E-state index contributed by atoms with van der Waals surface area (Å²) in [5, 5.41) is 0.600. The molecule has 0 aromatic heterocycles. The van der Waals surface area contributed by atoms with Gasteiger partial charge in [0.25, 0.3) is 0 Å². The highest BCUT2D eigenvalue weighted by atomic mass is 19.4. The van der Waals surface area contributed by atoms with Gasteiger partial charge in [-0.1, -0.05) is 13.8 Å². The SMILES string of the molecule is CCOc1ccc(N(C(=O)C(CC)CC)N(c2cc(N)c(C)cc2N)C(F)(F)F)cc1. The zero-order valence-corrected chi connectivity index (χ0v) is 18.2. The van der Waals surface area contributed by atoms with Gasteiger partial charge in [0.15, 0.2) is 0 Å². The molecule has 0 atom stereocenters. The molecule has 9 heteroatoms. The van der Waals surface area contributed by atoms with Crippen molar-refractivity contribution in [2.24, 2.45) is 5.92 Å². The number of halogens is 3. The molecule has 0 radical (unpaired) electrons. The highest BCUT2D eigenvalue weighted by molar-refractivity contribution is 5.98. The maximum atomic E-state index is 14.4. The van der Waals surface area contributed by atoms with Gasteiger partial charge in [-0.25, -0.2) is 5.01 Å². The summed E-state index contributed by atoms with van der Waals surface area (Å²) in [7, 11) is 0.